The molecule has 5 nitrogen and oxygen atoms in total. The Morgan fingerprint density at radius 3 is 3.00 bits per heavy atom. The Balaban J connectivity index is 1.98. The van der Waals surface area contributed by atoms with E-state index in [-0.39, 0.29) is 18.4 Å². The standard InChI is InChI=1S/C13H14Cl2N2O3/c1-8-13(19)16-4-5-17(8)12(18)7-20-11-6-9(14)2-3-10(11)15/h2-3,6,8H,4-5,7H2,1H3,(H,16,19). The first-order valence-electron chi connectivity index (χ1n) is 6.14. The van der Waals surface area contributed by atoms with Crippen molar-refractivity contribution in [2.75, 3.05) is 19.7 Å². The van der Waals surface area contributed by atoms with Crippen molar-refractivity contribution in [3.05, 3.63) is 28.2 Å². The van der Waals surface area contributed by atoms with Crippen LogP contribution in [0.4, 0.5) is 0 Å². The van der Waals surface area contributed by atoms with Gasteiger partial charge in [0.2, 0.25) is 5.91 Å². The molecule has 0 spiro atoms. The van der Waals surface area contributed by atoms with Gasteiger partial charge in [0.25, 0.3) is 5.91 Å². The van der Waals surface area contributed by atoms with Crippen LogP contribution in [0.25, 0.3) is 0 Å². The van der Waals surface area contributed by atoms with Crippen molar-refractivity contribution in [3.8, 4) is 5.75 Å². The fourth-order valence-corrected chi connectivity index (χ4v) is 2.27. The molecule has 1 aliphatic rings. The van der Waals surface area contributed by atoms with Crippen LogP contribution in [0, 0.1) is 0 Å². The van der Waals surface area contributed by atoms with Crippen LogP contribution in [-0.4, -0.2) is 42.5 Å². The molecule has 1 atom stereocenters. The monoisotopic (exact) mass is 316 g/mol. The van der Waals surface area contributed by atoms with Gasteiger partial charge in [0.15, 0.2) is 6.61 Å². The maximum absolute atomic E-state index is 12.1. The molecule has 1 heterocycles. The Bertz CT molecular complexity index is 536. The first-order chi connectivity index (χ1) is 9.49. The lowest BCUT2D eigenvalue weighted by Gasteiger charge is -2.32. The number of nitrogens with zero attached hydrogens (tertiary/aromatic N) is 1. The predicted octanol–water partition coefficient (Wildman–Crippen LogP) is 1.72. The van der Waals surface area contributed by atoms with Crippen LogP contribution >= 0.6 is 23.2 Å². The maximum Gasteiger partial charge on any atom is 0.261 e. The quantitative estimate of drug-likeness (QED) is 0.923. The summed E-state index contributed by atoms with van der Waals surface area (Å²) in [6.45, 7) is 2.42. The van der Waals surface area contributed by atoms with Crippen LogP contribution in [0.3, 0.4) is 0 Å². The third-order valence-electron chi connectivity index (χ3n) is 3.06. The van der Waals surface area contributed by atoms with E-state index < -0.39 is 6.04 Å². The number of piperazine rings is 1. The van der Waals surface area contributed by atoms with E-state index in [9.17, 15) is 9.59 Å². The maximum atomic E-state index is 12.1. The van der Waals surface area contributed by atoms with Crippen LogP contribution in [0.2, 0.25) is 10.0 Å². The van der Waals surface area contributed by atoms with Gasteiger partial charge < -0.3 is 15.0 Å². The summed E-state index contributed by atoms with van der Waals surface area (Å²) in [7, 11) is 0. The average Bonchev–Trinajstić information content (AvgIpc) is 2.42. The fourth-order valence-electron chi connectivity index (χ4n) is 1.93. The molecule has 0 bridgehead atoms. The smallest absolute Gasteiger partial charge is 0.261 e. The van der Waals surface area contributed by atoms with Crippen molar-refractivity contribution in [2.45, 2.75) is 13.0 Å². The number of carbonyl (C=O) groups excluding carboxylic acids is 2. The van der Waals surface area contributed by atoms with E-state index >= 15 is 0 Å². The van der Waals surface area contributed by atoms with Crippen LogP contribution in [0.1, 0.15) is 6.92 Å². The van der Waals surface area contributed by atoms with Crippen LogP contribution in [-0.2, 0) is 9.59 Å². The Labute approximate surface area is 126 Å². The number of rotatable bonds is 3. The van der Waals surface area contributed by atoms with E-state index in [0.29, 0.717) is 28.9 Å². The highest BCUT2D eigenvalue weighted by molar-refractivity contribution is 6.34. The van der Waals surface area contributed by atoms with Crippen LogP contribution < -0.4 is 10.1 Å². The molecule has 1 aromatic carbocycles. The molecule has 2 rings (SSSR count). The van der Waals surface area contributed by atoms with Gasteiger partial charge >= 0.3 is 0 Å². The third-order valence-corrected chi connectivity index (χ3v) is 3.61. The zero-order valence-electron chi connectivity index (χ0n) is 10.9. The van der Waals surface area contributed by atoms with E-state index in [0.717, 1.165) is 0 Å². The molecule has 0 aliphatic carbocycles. The van der Waals surface area contributed by atoms with E-state index in [1.807, 2.05) is 0 Å². The number of nitrogens with one attached hydrogen (secondary N) is 1. The summed E-state index contributed by atoms with van der Waals surface area (Å²) < 4.78 is 5.38. The van der Waals surface area contributed by atoms with E-state index in [1.54, 1.807) is 25.1 Å². The Morgan fingerprint density at radius 1 is 1.50 bits per heavy atom. The molecule has 2 amide bonds. The summed E-state index contributed by atoms with van der Waals surface area (Å²) in [4.78, 5) is 25.0. The highest BCUT2D eigenvalue weighted by atomic mass is 35.5. The Morgan fingerprint density at radius 2 is 2.25 bits per heavy atom. The van der Waals surface area contributed by atoms with Crippen molar-refractivity contribution in [1.29, 1.82) is 0 Å². The van der Waals surface area contributed by atoms with Gasteiger partial charge in [0, 0.05) is 24.2 Å². The summed E-state index contributed by atoms with van der Waals surface area (Å²) in [6, 6.07) is 4.29. The first-order valence-corrected chi connectivity index (χ1v) is 6.89. The molecular formula is C13H14Cl2N2O3. The van der Waals surface area contributed by atoms with Gasteiger partial charge in [-0.05, 0) is 19.1 Å². The number of hydrogen-bond donors (Lipinski definition) is 1. The summed E-state index contributed by atoms with van der Waals surface area (Å²) in [5.41, 5.74) is 0. The summed E-state index contributed by atoms with van der Waals surface area (Å²) in [5, 5.41) is 3.55. The molecule has 7 heteroatoms. The minimum absolute atomic E-state index is 0.162. The van der Waals surface area contributed by atoms with Gasteiger partial charge in [-0.25, -0.2) is 0 Å². The van der Waals surface area contributed by atoms with Gasteiger partial charge in [-0.1, -0.05) is 23.2 Å². The minimum Gasteiger partial charge on any atom is -0.482 e. The largest absolute Gasteiger partial charge is 0.482 e. The number of carbonyl (C=O) groups is 2. The lowest BCUT2D eigenvalue weighted by atomic mass is 10.2. The number of benzene rings is 1. The van der Waals surface area contributed by atoms with Gasteiger partial charge in [-0.2, -0.15) is 0 Å². The normalized spacial score (nSPS) is 18.6. The zero-order valence-corrected chi connectivity index (χ0v) is 12.4. The second kappa shape index (κ2) is 6.33. The zero-order chi connectivity index (χ0) is 14.7. The molecular weight excluding hydrogens is 303 g/mol. The lowest BCUT2D eigenvalue weighted by Crippen LogP contribution is -2.56. The molecule has 1 aliphatic heterocycles. The molecule has 1 unspecified atom stereocenters. The average molecular weight is 317 g/mol. The Kier molecular flexibility index (Phi) is 4.73. The van der Waals surface area contributed by atoms with Crippen molar-refractivity contribution < 1.29 is 14.3 Å². The van der Waals surface area contributed by atoms with Gasteiger partial charge in [0.05, 0.1) is 5.02 Å². The molecule has 0 radical (unpaired) electrons. The number of ether oxygens (including phenoxy) is 1. The minimum atomic E-state index is -0.491. The number of amides is 2. The highest BCUT2D eigenvalue weighted by Gasteiger charge is 2.29. The second-order valence-corrected chi connectivity index (χ2v) is 5.26. The molecule has 1 fully saturated rings. The van der Waals surface area contributed by atoms with E-state index in [1.165, 1.54) is 4.90 Å². The van der Waals surface area contributed by atoms with Crippen molar-refractivity contribution in [1.82, 2.24) is 10.2 Å². The van der Waals surface area contributed by atoms with Crippen molar-refractivity contribution >= 4 is 35.0 Å². The fraction of sp³-hybridized carbons (Fsp3) is 0.385. The third kappa shape index (κ3) is 3.35. The number of hydrogen-bond acceptors (Lipinski definition) is 3. The molecule has 0 saturated carbocycles. The number of halogens is 2. The van der Waals surface area contributed by atoms with Crippen LogP contribution in [0.5, 0.6) is 5.75 Å². The molecule has 1 N–H and O–H groups in total. The van der Waals surface area contributed by atoms with Gasteiger partial charge in [-0.15, -0.1) is 0 Å². The molecule has 1 saturated heterocycles. The van der Waals surface area contributed by atoms with Crippen LogP contribution in [0.15, 0.2) is 18.2 Å². The van der Waals surface area contributed by atoms with Gasteiger partial charge in [-0.3, -0.25) is 9.59 Å². The molecule has 0 aromatic heterocycles. The predicted molar refractivity (Wildman–Crippen MR) is 76.1 cm³/mol. The molecule has 1 aromatic rings. The first kappa shape index (κ1) is 14.9. The summed E-state index contributed by atoms with van der Waals surface area (Å²) in [5.74, 6) is -0.0737. The topological polar surface area (TPSA) is 58.6 Å². The van der Waals surface area contributed by atoms with Crippen molar-refractivity contribution in [3.63, 3.8) is 0 Å². The van der Waals surface area contributed by atoms with Gasteiger partial charge in [0.1, 0.15) is 11.8 Å². The molecule has 20 heavy (non-hydrogen) atoms. The Hall–Kier alpha value is -1.46. The summed E-state index contributed by atoms with van der Waals surface area (Å²) in [6.07, 6.45) is 0. The molecule has 108 valence electrons. The lowest BCUT2D eigenvalue weighted by molar-refractivity contribution is -0.143. The van der Waals surface area contributed by atoms with Crippen molar-refractivity contribution in [2.24, 2.45) is 0 Å². The van der Waals surface area contributed by atoms with E-state index in [4.69, 9.17) is 27.9 Å². The second-order valence-electron chi connectivity index (χ2n) is 4.42. The highest BCUT2D eigenvalue weighted by Crippen LogP contribution is 2.27. The SMILES string of the molecule is CC1C(=O)NCCN1C(=O)COc1cc(Cl)ccc1Cl. The van der Waals surface area contributed by atoms with E-state index in [2.05, 4.69) is 5.32 Å². The summed E-state index contributed by atoms with van der Waals surface area (Å²) >= 11 is 11.8.